The minimum atomic E-state index is -0.364. The number of aromatic nitrogens is 2. The lowest BCUT2D eigenvalue weighted by atomic mass is 9.83. The van der Waals surface area contributed by atoms with Gasteiger partial charge in [0, 0.05) is 15.3 Å². The van der Waals surface area contributed by atoms with Gasteiger partial charge in [-0.25, -0.2) is 0 Å². The van der Waals surface area contributed by atoms with E-state index in [-0.39, 0.29) is 11.8 Å². The minimum absolute atomic E-state index is 0.0904. The second-order valence-corrected chi connectivity index (χ2v) is 8.45. The number of nitriles is 1. The van der Waals surface area contributed by atoms with E-state index in [1.54, 1.807) is 11.3 Å². The van der Waals surface area contributed by atoms with Crippen molar-refractivity contribution in [3.63, 3.8) is 0 Å². The number of aromatic amines is 1. The molecule has 148 valence electrons. The molecule has 7 heteroatoms. The number of ether oxygens (including phenoxy) is 2. The van der Waals surface area contributed by atoms with Gasteiger partial charge in [0.05, 0.1) is 23.8 Å². The van der Waals surface area contributed by atoms with Crippen molar-refractivity contribution in [2.75, 3.05) is 6.61 Å². The molecule has 3 aromatic rings. The maximum atomic E-state index is 9.83. The number of fused-ring (bicyclic) bond motifs is 1. The molecule has 29 heavy (non-hydrogen) atoms. The molecule has 6 nitrogen and oxygen atoms in total. The first-order chi connectivity index (χ1) is 14.0. The van der Waals surface area contributed by atoms with Gasteiger partial charge < -0.3 is 15.2 Å². The van der Waals surface area contributed by atoms with Crippen LogP contribution in [0.15, 0.2) is 41.8 Å². The van der Waals surface area contributed by atoms with Crippen LogP contribution in [0, 0.1) is 25.2 Å². The van der Waals surface area contributed by atoms with E-state index in [9.17, 15) is 5.26 Å². The Hall–Kier alpha value is -3.24. The Morgan fingerprint density at radius 1 is 1.31 bits per heavy atom. The SMILES string of the molecule is CCCOc1ccc([C@H]2C(C#N)=C(N)Oc3n[nH]c(-c4cc(C)sc4C)c32)cc1. The van der Waals surface area contributed by atoms with Crippen molar-refractivity contribution >= 4 is 11.3 Å². The lowest BCUT2D eigenvalue weighted by Gasteiger charge is -2.24. The first-order valence-corrected chi connectivity index (χ1v) is 10.3. The first kappa shape index (κ1) is 19.1. The summed E-state index contributed by atoms with van der Waals surface area (Å²) in [5.74, 6) is 0.941. The number of aryl methyl sites for hydroxylation is 2. The molecule has 1 atom stereocenters. The largest absolute Gasteiger partial charge is 0.494 e. The van der Waals surface area contributed by atoms with Gasteiger partial charge in [-0.1, -0.05) is 19.1 Å². The van der Waals surface area contributed by atoms with E-state index in [1.165, 1.54) is 9.75 Å². The molecule has 2 aromatic heterocycles. The molecule has 0 unspecified atom stereocenters. The van der Waals surface area contributed by atoms with Gasteiger partial charge in [-0.15, -0.1) is 16.4 Å². The number of thiophene rings is 1. The smallest absolute Gasteiger partial charge is 0.244 e. The summed E-state index contributed by atoms with van der Waals surface area (Å²) in [5, 5.41) is 17.3. The van der Waals surface area contributed by atoms with Gasteiger partial charge in [0.2, 0.25) is 11.8 Å². The van der Waals surface area contributed by atoms with Crippen LogP contribution in [0.5, 0.6) is 11.6 Å². The number of nitrogens with one attached hydrogen (secondary N) is 1. The highest BCUT2D eigenvalue weighted by Crippen LogP contribution is 2.47. The van der Waals surface area contributed by atoms with E-state index in [4.69, 9.17) is 15.2 Å². The fraction of sp³-hybridized carbons (Fsp3) is 0.273. The van der Waals surface area contributed by atoms with Crippen LogP contribution in [0.4, 0.5) is 0 Å². The van der Waals surface area contributed by atoms with Crippen LogP contribution in [0.3, 0.4) is 0 Å². The molecular weight excluding hydrogens is 384 g/mol. The number of H-pyrrole nitrogens is 1. The minimum Gasteiger partial charge on any atom is -0.494 e. The van der Waals surface area contributed by atoms with E-state index in [1.807, 2.05) is 24.3 Å². The maximum absolute atomic E-state index is 9.83. The van der Waals surface area contributed by atoms with E-state index >= 15 is 0 Å². The van der Waals surface area contributed by atoms with Gasteiger partial charge in [0.15, 0.2) is 0 Å². The van der Waals surface area contributed by atoms with E-state index < -0.39 is 0 Å². The van der Waals surface area contributed by atoms with Gasteiger partial charge >= 0.3 is 0 Å². The molecule has 0 aliphatic carbocycles. The van der Waals surface area contributed by atoms with Gasteiger partial charge in [0.1, 0.15) is 17.4 Å². The van der Waals surface area contributed by atoms with E-state index in [2.05, 4.69) is 43.1 Å². The molecule has 0 fully saturated rings. The highest BCUT2D eigenvalue weighted by molar-refractivity contribution is 7.12. The second kappa shape index (κ2) is 7.64. The summed E-state index contributed by atoms with van der Waals surface area (Å²) in [7, 11) is 0. The molecule has 4 rings (SSSR count). The Kier molecular flexibility index (Phi) is 5.03. The monoisotopic (exact) mass is 406 g/mol. The summed E-state index contributed by atoms with van der Waals surface area (Å²) >= 11 is 1.72. The maximum Gasteiger partial charge on any atom is 0.244 e. The Morgan fingerprint density at radius 3 is 2.69 bits per heavy atom. The molecule has 3 N–H and O–H groups in total. The third kappa shape index (κ3) is 3.36. The number of nitrogens with zero attached hydrogens (tertiary/aromatic N) is 2. The molecule has 1 aliphatic heterocycles. The van der Waals surface area contributed by atoms with E-state index in [0.717, 1.165) is 34.6 Å². The predicted molar refractivity (Wildman–Crippen MR) is 113 cm³/mol. The Labute approximate surface area is 173 Å². The average molecular weight is 407 g/mol. The number of benzene rings is 1. The summed E-state index contributed by atoms with van der Waals surface area (Å²) in [6.45, 7) is 6.89. The molecular formula is C22H22N4O2S. The van der Waals surface area contributed by atoms with Gasteiger partial charge in [-0.05, 0) is 44.0 Å². The fourth-order valence-corrected chi connectivity index (χ4v) is 4.57. The summed E-state index contributed by atoms with van der Waals surface area (Å²) < 4.78 is 11.4. The van der Waals surface area contributed by atoms with Crippen molar-refractivity contribution in [2.45, 2.75) is 33.1 Å². The zero-order chi connectivity index (χ0) is 20.5. The van der Waals surface area contributed by atoms with Gasteiger partial charge in [0.25, 0.3) is 0 Å². The normalized spacial score (nSPS) is 15.6. The highest BCUT2D eigenvalue weighted by atomic mass is 32.1. The fourth-order valence-electron chi connectivity index (χ4n) is 3.64. The average Bonchev–Trinajstić information content (AvgIpc) is 3.27. The molecule has 0 bridgehead atoms. The predicted octanol–water partition coefficient (Wildman–Crippen LogP) is 4.76. The number of hydrogen-bond donors (Lipinski definition) is 2. The molecule has 1 aromatic carbocycles. The van der Waals surface area contributed by atoms with Crippen LogP contribution < -0.4 is 15.2 Å². The Bertz CT molecular complexity index is 1120. The Morgan fingerprint density at radius 2 is 2.07 bits per heavy atom. The molecule has 3 heterocycles. The number of nitrogens with two attached hydrogens (primary N) is 1. The van der Waals surface area contributed by atoms with Crippen LogP contribution in [-0.4, -0.2) is 16.8 Å². The van der Waals surface area contributed by atoms with Crippen LogP contribution in [-0.2, 0) is 0 Å². The molecule has 0 saturated carbocycles. The van der Waals surface area contributed by atoms with Crippen molar-refractivity contribution in [1.29, 1.82) is 5.26 Å². The lowest BCUT2D eigenvalue weighted by molar-refractivity contribution is 0.317. The van der Waals surface area contributed by atoms with Crippen LogP contribution in [0.2, 0.25) is 0 Å². The summed E-state index contributed by atoms with van der Waals surface area (Å²) in [4.78, 5) is 2.39. The number of hydrogen-bond acceptors (Lipinski definition) is 6. The lowest BCUT2D eigenvalue weighted by Crippen LogP contribution is -2.21. The highest BCUT2D eigenvalue weighted by Gasteiger charge is 2.36. The molecule has 0 amide bonds. The number of rotatable bonds is 5. The van der Waals surface area contributed by atoms with Crippen LogP contribution in [0.1, 0.15) is 40.1 Å². The molecule has 1 aliphatic rings. The molecule has 0 radical (unpaired) electrons. The van der Waals surface area contributed by atoms with Crippen LogP contribution >= 0.6 is 11.3 Å². The topological polar surface area (TPSA) is 96.9 Å². The van der Waals surface area contributed by atoms with Crippen molar-refractivity contribution in [2.24, 2.45) is 5.73 Å². The standard InChI is InChI=1S/C22H22N4O2S/c1-4-9-27-15-7-5-14(6-8-15)18-17(11-23)21(24)28-22-19(18)20(25-26-22)16-10-12(2)29-13(16)3/h5-8,10,18H,4,9,24H2,1-3H3,(H,25,26)/t18-/m0/s1. The van der Waals surface area contributed by atoms with E-state index in [0.29, 0.717) is 18.1 Å². The summed E-state index contributed by atoms with van der Waals surface area (Å²) in [6.07, 6.45) is 0.945. The molecule has 0 spiro atoms. The Balaban J connectivity index is 1.84. The van der Waals surface area contributed by atoms with Crippen LogP contribution in [0.25, 0.3) is 11.3 Å². The van der Waals surface area contributed by atoms with Crippen molar-refractivity contribution in [1.82, 2.24) is 10.2 Å². The van der Waals surface area contributed by atoms with Crippen molar-refractivity contribution < 1.29 is 9.47 Å². The summed E-state index contributed by atoms with van der Waals surface area (Å²) in [5.41, 5.74) is 10.1. The van der Waals surface area contributed by atoms with Gasteiger partial charge in [-0.3, -0.25) is 5.10 Å². The third-order valence-corrected chi connectivity index (χ3v) is 5.90. The first-order valence-electron chi connectivity index (χ1n) is 9.49. The van der Waals surface area contributed by atoms with Crippen molar-refractivity contribution in [3.8, 4) is 29.0 Å². The third-order valence-electron chi connectivity index (χ3n) is 4.94. The zero-order valence-electron chi connectivity index (χ0n) is 16.6. The second-order valence-electron chi connectivity index (χ2n) is 6.99. The number of allylic oxidation sites excluding steroid dienone is 1. The zero-order valence-corrected chi connectivity index (χ0v) is 17.4. The van der Waals surface area contributed by atoms with Crippen molar-refractivity contribution in [3.05, 3.63) is 62.7 Å². The molecule has 0 saturated heterocycles. The van der Waals surface area contributed by atoms with Gasteiger partial charge in [-0.2, -0.15) is 5.26 Å². The summed E-state index contributed by atoms with van der Waals surface area (Å²) in [6, 6.07) is 12.1. The quantitative estimate of drug-likeness (QED) is 0.636.